The number of carbonyl (C=O) groups is 1. The lowest BCUT2D eigenvalue weighted by molar-refractivity contribution is -0.129. The lowest BCUT2D eigenvalue weighted by atomic mass is 10.1. The van der Waals surface area contributed by atoms with E-state index in [1.54, 1.807) is 17.8 Å². The van der Waals surface area contributed by atoms with Crippen LogP contribution >= 0.6 is 23.4 Å². The van der Waals surface area contributed by atoms with E-state index in [0.29, 0.717) is 38.1 Å². The lowest BCUT2D eigenvalue weighted by Crippen LogP contribution is -2.45. The number of carbonyl (C=O) groups excluding carboxylic acids is 1. The van der Waals surface area contributed by atoms with Crippen LogP contribution in [0.5, 0.6) is 11.5 Å². The lowest BCUT2D eigenvalue weighted by Gasteiger charge is -2.35. The molecule has 0 aliphatic carbocycles. The number of nitrogens with zero attached hydrogens (tertiary/aromatic N) is 3. The van der Waals surface area contributed by atoms with Crippen molar-refractivity contribution in [3.8, 4) is 11.5 Å². The van der Waals surface area contributed by atoms with Crippen LogP contribution in [-0.2, 0) is 22.6 Å². The molecule has 214 valence electrons. The van der Waals surface area contributed by atoms with E-state index in [9.17, 15) is 4.79 Å². The molecule has 0 radical (unpaired) electrons. The third-order valence-electron chi connectivity index (χ3n) is 7.59. The van der Waals surface area contributed by atoms with Crippen molar-refractivity contribution >= 4 is 35.3 Å². The maximum absolute atomic E-state index is 12.4. The van der Waals surface area contributed by atoms with Gasteiger partial charge in [-0.25, -0.2) is 0 Å². The Balaban J connectivity index is 1.03. The molecule has 6 rings (SSSR count). The van der Waals surface area contributed by atoms with Gasteiger partial charge in [0.05, 0.1) is 18.2 Å². The SMILES string of the molecule is O=C(/C=C/c1ccc(Sc2ccccc2CN2CCN(Cc3ccc4c(c3)OCO4)CC2)c(Cl)c1)N1CCOCC1. The van der Waals surface area contributed by atoms with Gasteiger partial charge in [-0.15, -0.1) is 0 Å². The average molecular weight is 592 g/mol. The minimum absolute atomic E-state index is 0.00515. The zero-order valence-electron chi connectivity index (χ0n) is 23.0. The van der Waals surface area contributed by atoms with Crippen LogP contribution in [0, 0.1) is 0 Å². The van der Waals surface area contributed by atoms with Gasteiger partial charge in [-0.2, -0.15) is 0 Å². The molecule has 0 N–H and O–H groups in total. The number of piperazine rings is 1. The molecule has 3 aromatic rings. The van der Waals surface area contributed by atoms with E-state index in [2.05, 4.69) is 46.2 Å². The molecule has 3 aliphatic rings. The van der Waals surface area contributed by atoms with Crippen LogP contribution in [0.15, 0.2) is 76.5 Å². The van der Waals surface area contributed by atoms with Crippen molar-refractivity contribution in [2.75, 3.05) is 59.3 Å². The molecule has 7 nitrogen and oxygen atoms in total. The quantitative estimate of drug-likeness (QED) is 0.325. The number of hydrogen-bond acceptors (Lipinski definition) is 7. The minimum atomic E-state index is 0.00515. The summed E-state index contributed by atoms with van der Waals surface area (Å²) in [6.45, 7) is 8.69. The van der Waals surface area contributed by atoms with Gasteiger partial charge in [-0.3, -0.25) is 14.6 Å². The molecular weight excluding hydrogens is 558 g/mol. The smallest absolute Gasteiger partial charge is 0.246 e. The second-order valence-electron chi connectivity index (χ2n) is 10.4. The Labute approximate surface area is 250 Å². The predicted octanol–water partition coefficient (Wildman–Crippen LogP) is 5.41. The van der Waals surface area contributed by atoms with Gasteiger partial charge in [-0.05, 0) is 53.1 Å². The Kier molecular flexibility index (Phi) is 9.13. The van der Waals surface area contributed by atoms with E-state index in [4.69, 9.17) is 25.8 Å². The fraction of sp³-hybridized carbons (Fsp3) is 0.344. The van der Waals surface area contributed by atoms with E-state index in [1.807, 2.05) is 35.2 Å². The van der Waals surface area contributed by atoms with Crippen LogP contribution < -0.4 is 9.47 Å². The molecule has 3 aromatic carbocycles. The summed E-state index contributed by atoms with van der Waals surface area (Å²) in [5.74, 6) is 1.69. The van der Waals surface area contributed by atoms with Crippen LogP contribution in [0.3, 0.4) is 0 Å². The molecule has 0 spiro atoms. The van der Waals surface area contributed by atoms with Gasteiger partial charge in [0.2, 0.25) is 12.7 Å². The summed E-state index contributed by atoms with van der Waals surface area (Å²) in [6, 6.07) is 20.8. The maximum Gasteiger partial charge on any atom is 0.246 e. The summed E-state index contributed by atoms with van der Waals surface area (Å²) in [5.41, 5.74) is 3.47. The van der Waals surface area contributed by atoms with Crippen molar-refractivity contribution in [1.29, 1.82) is 0 Å². The highest BCUT2D eigenvalue weighted by Crippen LogP contribution is 2.36. The highest BCUT2D eigenvalue weighted by Gasteiger charge is 2.20. The second-order valence-corrected chi connectivity index (χ2v) is 11.9. The molecule has 3 heterocycles. The number of ether oxygens (including phenoxy) is 3. The highest BCUT2D eigenvalue weighted by molar-refractivity contribution is 7.99. The molecule has 1 amide bonds. The van der Waals surface area contributed by atoms with Crippen LogP contribution in [0.4, 0.5) is 0 Å². The largest absolute Gasteiger partial charge is 0.454 e. The van der Waals surface area contributed by atoms with Crippen LogP contribution in [0.25, 0.3) is 6.08 Å². The minimum Gasteiger partial charge on any atom is -0.454 e. The monoisotopic (exact) mass is 591 g/mol. The Morgan fingerprint density at radius 1 is 0.829 bits per heavy atom. The molecule has 0 unspecified atom stereocenters. The summed E-state index contributed by atoms with van der Waals surface area (Å²) < 4.78 is 16.3. The van der Waals surface area contributed by atoms with Crippen molar-refractivity contribution in [3.05, 3.63) is 88.5 Å². The van der Waals surface area contributed by atoms with Crippen molar-refractivity contribution in [1.82, 2.24) is 14.7 Å². The molecule has 0 aromatic heterocycles. The number of rotatable bonds is 8. The molecule has 0 atom stereocenters. The first-order valence-corrected chi connectivity index (χ1v) is 15.2. The topological polar surface area (TPSA) is 54.5 Å². The summed E-state index contributed by atoms with van der Waals surface area (Å²) in [4.78, 5) is 21.5. The van der Waals surface area contributed by atoms with Crippen LogP contribution in [-0.4, -0.2) is 79.9 Å². The van der Waals surface area contributed by atoms with E-state index in [-0.39, 0.29) is 5.91 Å². The highest BCUT2D eigenvalue weighted by atomic mass is 35.5. The Bertz CT molecular complexity index is 1400. The fourth-order valence-corrected chi connectivity index (χ4v) is 6.50. The summed E-state index contributed by atoms with van der Waals surface area (Å²) in [6.07, 6.45) is 3.45. The van der Waals surface area contributed by atoms with Crippen molar-refractivity contribution < 1.29 is 19.0 Å². The van der Waals surface area contributed by atoms with Crippen molar-refractivity contribution in [3.63, 3.8) is 0 Å². The average Bonchev–Trinajstić information content (AvgIpc) is 3.47. The number of morpholine rings is 1. The van der Waals surface area contributed by atoms with Gasteiger partial charge in [-0.1, -0.05) is 53.7 Å². The van der Waals surface area contributed by atoms with Gasteiger partial charge in [0.25, 0.3) is 0 Å². The Morgan fingerprint density at radius 3 is 2.39 bits per heavy atom. The second kappa shape index (κ2) is 13.3. The molecular formula is C32H34ClN3O4S. The Hall–Kier alpha value is -3.01. The number of benzene rings is 3. The van der Waals surface area contributed by atoms with Gasteiger partial charge < -0.3 is 19.1 Å². The number of amides is 1. The van der Waals surface area contributed by atoms with Crippen LogP contribution in [0.1, 0.15) is 16.7 Å². The number of hydrogen-bond donors (Lipinski definition) is 0. The molecule has 0 bridgehead atoms. The molecule has 41 heavy (non-hydrogen) atoms. The summed E-state index contributed by atoms with van der Waals surface area (Å²) in [5, 5.41) is 0.683. The first-order chi connectivity index (χ1) is 20.1. The van der Waals surface area contributed by atoms with Crippen molar-refractivity contribution in [2.45, 2.75) is 22.9 Å². The molecule has 2 saturated heterocycles. The fourth-order valence-electron chi connectivity index (χ4n) is 5.26. The zero-order valence-corrected chi connectivity index (χ0v) is 24.5. The van der Waals surface area contributed by atoms with Gasteiger partial charge in [0.15, 0.2) is 11.5 Å². The first kappa shape index (κ1) is 28.1. The third kappa shape index (κ3) is 7.26. The summed E-state index contributed by atoms with van der Waals surface area (Å²) >= 11 is 8.40. The van der Waals surface area contributed by atoms with Gasteiger partial charge in [0.1, 0.15) is 0 Å². The molecule has 0 saturated carbocycles. The normalized spacial score (nSPS) is 17.8. The first-order valence-electron chi connectivity index (χ1n) is 14.0. The maximum atomic E-state index is 12.4. The number of halogens is 1. The molecule has 9 heteroatoms. The van der Waals surface area contributed by atoms with Gasteiger partial charge in [0, 0.05) is 68.2 Å². The Morgan fingerprint density at radius 2 is 1.59 bits per heavy atom. The van der Waals surface area contributed by atoms with E-state index < -0.39 is 0 Å². The zero-order chi connectivity index (χ0) is 28.0. The van der Waals surface area contributed by atoms with Crippen molar-refractivity contribution in [2.24, 2.45) is 0 Å². The van der Waals surface area contributed by atoms with E-state index >= 15 is 0 Å². The molecule has 3 aliphatic heterocycles. The number of fused-ring (bicyclic) bond motifs is 1. The van der Waals surface area contributed by atoms with Crippen LogP contribution in [0.2, 0.25) is 5.02 Å². The predicted molar refractivity (Wildman–Crippen MR) is 162 cm³/mol. The van der Waals surface area contributed by atoms with E-state index in [1.165, 1.54) is 16.0 Å². The van der Waals surface area contributed by atoms with E-state index in [0.717, 1.165) is 61.2 Å². The van der Waals surface area contributed by atoms with Gasteiger partial charge >= 0.3 is 0 Å². The standard InChI is InChI=1S/C32H34ClN3O4S/c33-27-19-24(7-10-32(37)36-15-17-38-18-16-36)6-9-31(27)41-30-4-2-1-3-26(30)22-35-13-11-34(12-14-35)21-25-5-8-28-29(20-25)40-23-39-28/h1-10,19-20H,11-18,21-23H2/b10-7+. The molecule has 2 fully saturated rings. The summed E-state index contributed by atoms with van der Waals surface area (Å²) in [7, 11) is 0. The third-order valence-corrected chi connectivity index (χ3v) is 9.21.